The van der Waals surface area contributed by atoms with Crippen molar-refractivity contribution >= 4 is 5.91 Å². The molecule has 0 bridgehead atoms. The van der Waals surface area contributed by atoms with E-state index in [2.05, 4.69) is 26.3 Å². The van der Waals surface area contributed by atoms with Crippen molar-refractivity contribution in [1.82, 2.24) is 5.32 Å². The van der Waals surface area contributed by atoms with Gasteiger partial charge in [0.25, 0.3) is 5.91 Å². The van der Waals surface area contributed by atoms with E-state index in [-0.39, 0.29) is 5.91 Å². The van der Waals surface area contributed by atoms with Gasteiger partial charge in [0, 0.05) is 18.0 Å². The number of quaternary nitrogens is 1. The maximum absolute atomic E-state index is 11.9. The lowest BCUT2D eigenvalue weighted by molar-refractivity contribution is -0.861. The Labute approximate surface area is 109 Å². The van der Waals surface area contributed by atoms with Gasteiger partial charge in [0.1, 0.15) is 5.75 Å². The van der Waals surface area contributed by atoms with Gasteiger partial charge in [-0.15, -0.1) is 0 Å². The Kier molecular flexibility index (Phi) is 5.65. The average Bonchev–Trinajstić information content (AvgIpc) is 2.35. The molecule has 0 aliphatic rings. The molecule has 1 aromatic rings. The van der Waals surface area contributed by atoms with Crippen molar-refractivity contribution in [2.45, 2.75) is 6.92 Å². The van der Waals surface area contributed by atoms with E-state index in [0.29, 0.717) is 18.0 Å². The highest BCUT2D eigenvalue weighted by molar-refractivity contribution is 5.94. The van der Waals surface area contributed by atoms with Crippen LogP contribution in [0.2, 0.25) is 0 Å². The molecule has 0 fully saturated rings. The van der Waals surface area contributed by atoms with Gasteiger partial charge in [-0.05, 0) is 24.3 Å². The first-order valence-corrected chi connectivity index (χ1v) is 6.24. The Morgan fingerprint density at radius 1 is 1.33 bits per heavy atom. The van der Waals surface area contributed by atoms with Crippen LogP contribution in [0.3, 0.4) is 0 Å². The maximum Gasteiger partial charge on any atom is 0.251 e. The van der Waals surface area contributed by atoms with Crippen LogP contribution in [-0.2, 0) is 0 Å². The van der Waals surface area contributed by atoms with Crippen LogP contribution >= 0.6 is 0 Å². The van der Waals surface area contributed by atoms with E-state index < -0.39 is 0 Å². The fourth-order valence-electron chi connectivity index (χ4n) is 1.88. The maximum atomic E-state index is 11.9. The zero-order valence-electron chi connectivity index (χ0n) is 11.6. The van der Waals surface area contributed by atoms with Crippen LogP contribution in [0.15, 0.2) is 24.3 Å². The van der Waals surface area contributed by atoms with Gasteiger partial charge in [-0.25, -0.2) is 0 Å². The highest BCUT2D eigenvalue weighted by Gasteiger charge is 2.10. The third-order valence-corrected chi connectivity index (χ3v) is 2.72. The van der Waals surface area contributed by atoms with Gasteiger partial charge in [-0.3, -0.25) is 4.79 Å². The highest BCUT2D eigenvalue weighted by atomic mass is 16.5. The first-order valence-electron chi connectivity index (χ1n) is 6.24. The van der Waals surface area contributed by atoms with E-state index in [0.717, 1.165) is 12.3 Å². The minimum Gasteiger partial charge on any atom is -0.497 e. The van der Waals surface area contributed by atoms with Crippen molar-refractivity contribution in [1.29, 1.82) is 0 Å². The molecular formula is C14H23N2O2+. The second-order valence-electron chi connectivity index (χ2n) is 4.95. The Morgan fingerprint density at radius 3 is 2.44 bits per heavy atom. The van der Waals surface area contributed by atoms with Gasteiger partial charge in [0.05, 0.1) is 27.7 Å². The largest absolute Gasteiger partial charge is 0.497 e. The smallest absolute Gasteiger partial charge is 0.251 e. The van der Waals surface area contributed by atoms with Gasteiger partial charge in [-0.2, -0.15) is 0 Å². The zero-order chi connectivity index (χ0) is 13.5. The van der Waals surface area contributed by atoms with E-state index in [1.807, 2.05) is 0 Å². The zero-order valence-corrected chi connectivity index (χ0v) is 11.6. The number of hydrogen-bond acceptors (Lipinski definition) is 2. The molecule has 1 atom stereocenters. The van der Waals surface area contributed by atoms with Crippen molar-refractivity contribution in [2.75, 3.05) is 34.3 Å². The summed E-state index contributed by atoms with van der Waals surface area (Å²) in [4.78, 5) is 13.3. The molecule has 1 rings (SSSR count). The second kappa shape index (κ2) is 7.01. The molecular weight excluding hydrogens is 228 g/mol. The Hall–Kier alpha value is -1.55. The lowest BCUT2D eigenvalue weighted by atomic mass is 10.1. The predicted octanol–water partition coefficient (Wildman–Crippen LogP) is 0.206. The molecule has 1 aromatic carbocycles. The number of methoxy groups -OCH3 is 1. The minimum atomic E-state index is -0.0294. The minimum absolute atomic E-state index is 0.0294. The van der Waals surface area contributed by atoms with Crippen LogP contribution in [0.25, 0.3) is 0 Å². The molecule has 100 valence electrons. The molecule has 4 nitrogen and oxygen atoms in total. The summed E-state index contributed by atoms with van der Waals surface area (Å²) in [5.74, 6) is 1.20. The Bertz CT molecular complexity index is 374. The first kappa shape index (κ1) is 14.5. The molecule has 18 heavy (non-hydrogen) atoms. The summed E-state index contributed by atoms with van der Waals surface area (Å²) < 4.78 is 5.06. The number of carbonyl (C=O) groups is 1. The summed E-state index contributed by atoms with van der Waals surface area (Å²) in [6.07, 6.45) is 0. The SMILES string of the molecule is COc1ccc(C(=O)NC[C@H](C)C[NH+](C)C)cc1. The Morgan fingerprint density at radius 2 is 1.94 bits per heavy atom. The van der Waals surface area contributed by atoms with E-state index in [4.69, 9.17) is 4.74 Å². The number of rotatable bonds is 6. The molecule has 0 aromatic heterocycles. The molecule has 0 aliphatic heterocycles. The topological polar surface area (TPSA) is 42.8 Å². The van der Waals surface area contributed by atoms with Crippen LogP contribution in [0.4, 0.5) is 0 Å². The number of hydrogen-bond donors (Lipinski definition) is 2. The quantitative estimate of drug-likeness (QED) is 0.759. The van der Waals surface area contributed by atoms with Gasteiger partial charge in [0.2, 0.25) is 0 Å². The molecule has 0 spiro atoms. The third kappa shape index (κ3) is 4.75. The normalized spacial score (nSPS) is 12.3. The van der Waals surface area contributed by atoms with Crippen molar-refractivity contribution < 1.29 is 14.4 Å². The van der Waals surface area contributed by atoms with Crippen LogP contribution in [-0.4, -0.2) is 40.2 Å². The molecule has 0 radical (unpaired) electrons. The van der Waals surface area contributed by atoms with Crippen LogP contribution in [0.5, 0.6) is 5.75 Å². The summed E-state index contributed by atoms with van der Waals surface area (Å²) in [6.45, 7) is 3.89. The number of benzene rings is 1. The first-order chi connectivity index (χ1) is 8.52. The van der Waals surface area contributed by atoms with Crippen molar-refractivity contribution in [2.24, 2.45) is 5.92 Å². The standard InChI is InChI=1S/C14H22N2O2/c1-11(10-16(2)3)9-15-14(17)12-5-7-13(18-4)8-6-12/h5-8,11H,9-10H2,1-4H3,(H,15,17)/p+1/t11-/m0/s1. The fraction of sp³-hybridized carbons (Fsp3) is 0.500. The van der Waals surface area contributed by atoms with Crippen LogP contribution in [0.1, 0.15) is 17.3 Å². The highest BCUT2D eigenvalue weighted by Crippen LogP contribution is 2.11. The van der Waals surface area contributed by atoms with Gasteiger partial charge < -0.3 is 15.0 Å². The monoisotopic (exact) mass is 251 g/mol. The van der Waals surface area contributed by atoms with E-state index in [1.165, 1.54) is 4.90 Å². The van der Waals surface area contributed by atoms with Gasteiger partial charge in [-0.1, -0.05) is 6.92 Å². The lowest BCUT2D eigenvalue weighted by Crippen LogP contribution is -3.06. The molecule has 0 aliphatic carbocycles. The second-order valence-corrected chi connectivity index (χ2v) is 4.95. The molecule has 0 unspecified atom stereocenters. The Balaban J connectivity index is 2.44. The average molecular weight is 251 g/mol. The van der Waals surface area contributed by atoms with Crippen LogP contribution in [0, 0.1) is 5.92 Å². The van der Waals surface area contributed by atoms with Crippen LogP contribution < -0.4 is 15.0 Å². The van der Waals surface area contributed by atoms with Gasteiger partial charge in [0.15, 0.2) is 0 Å². The molecule has 0 heterocycles. The number of carbonyl (C=O) groups excluding carboxylic acids is 1. The molecule has 0 saturated heterocycles. The van der Waals surface area contributed by atoms with Crippen molar-refractivity contribution in [3.8, 4) is 5.75 Å². The summed E-state index contributed by atoms with van der Waals surface area (Å²) >= 11 is 0. The lowest BCUT2D eigenvalue weighted by Gasteiger charge is -2.15. The third-order valence-electron chi connectivity index (χ3n) is 2.72. The van der Waals surface area contributed by atoms with Gasteiger partial charge >= 0.3 is 0 Å². The van der Waals surface area contributed by atoms with Crippen molar-refractivity contribution in [3.63, 3.8) is 0 Å². The summed E-state index contributed by atoms with van der Waals surface area (Å²) in [6, 6.07) is 7.14. The summed E-state index contributed by atoms with van der Waals surface area (Å²) in [7, 11) is 5.84. The fourth-order valence-corrected chi connectivity index (χ4v) is 1.88. The number of amides is 1. The number of nitrogens with one attached hydrogen (secondary N) is 2. The number of ether oxygens (including phenoxy) is 1. The molecule has 1 amide bonds. The molecule has 4 heteroatoms. The van der Waals surface area contributed by atoms with Crippen molar-refractivity contribution in [3.05, 3.63) is 29.8 Å². The summed E-state index contributed by atoms with van der Waals surface area (Å²) in [5.41, 5.74) is 0.667. The molecule has 0 saturated carbocycles. The van der Waals surface area contributed by atoms with E-state index in [9.17, 15) is 4.79 Å². The summed E-state index contributed by atoms with van der Waals surface area (Å²) in [5, 5.41) is 2.95. The van der Waals surface area contributed by atoms with E-state index in [1.54, 1.807) is 31.4 Å². The molecule has 2 N–H and O–H groups in total. The predicted molar refractivity (Wildman–Crippen MR) is 72.2 cm³/mol. The van der Waals surface area contributed by atoms with E-state index >= 15 is 0 Å².